The van der Waals surface area contributed by atoms with Gasteiger partial charge in [-0.15, -0.1) is 0 Å². The minimum absolute atomic E-state index is 0.181. The zero-order valence-electron chi connectivity index (χ0n) is 13.4. The van der Waals surface area contributed by atoms with Gasteiger partial charge in [-0.25, -0.2) is 13.5 Å². The molecule has 1 aliphatic rings. The number of nitrogens with one attached hydrogen (secondary N) is 1. The first kappa shape index (κ1) is 17.4. The number of aliphatic imine (C=N–C) groups is 1. The molecule has 0 spiro atoms. The fourth-order valence-corrected chi connectivity index (χ4v) is 3.57. The van der Waals surface area contributed by atoms with Crippen molar-refractivity contribution in [2.24, 2.45) is 4.99 Å². The van der Waals surface area contributed by atoms with Crippen molar-refractivity contribution in [3.8, 4) is 0 Å². The number of nitrogens with zero attached hydrogens (tertiary/aromatic N) is 2. The third-order valence-corrected chi connectivity index (χ3v) is 5.05. The summed E-state index contributed by atoms with van der Waals surface area (Å²) in [5.74, 6) is -0.100. The molecule has 0 radical (unpaired) electrons. The quantitative estimate of drug-likeness (QED) is 0.791. The van der Waals surface area contributed by atoms with E-state index in [4.69, 9.17) is 4.84 Å². The Hall–Kier alpha value is -1.93. The second-order valence-corrected chi connectivity index (χ2v) is 6.91. The van der Waals surface area contributed by atoms with E-state index in [2.05, 4.69) is 9.71 Å². The zero-order valence-corrected chi connectivity index (χ0v) is 14.3. The molecular formula is C15H21N3O4S. The highest BCUT2D eigenvalue weighted by molar-refractivity contribution is 7.90. The predicted molar refractivity (Wildman–Crippen MR) is 86.4 cm³/mol. The SMILES string of the molecule is CCCC[C@H](N=C1NS(=O)(=O)c2ccccc21)C(=O)N(C)OC. The molecule has 126 valence electrons. The molecule has 2 rings (SSSR count). The summed E-state index contributed by atoms with van der Waals surface area (Å²) in [4.78, 5) is 21.8. The number of hydrogen-bond donors (Lipinski definition) is 1. The van der Waals surface area contributed by atoms with E-state index in [1.54, 1.807) is 18.2 Å². The first-order valence-corrected chi connectivity index (χ1v) is 8.90. The standard InChI is InChI=1S/C15H21N3O4S/c1-4-5-9-12(15(19)18(2)22-3)16-14-11-8-6-7-10-13(11)23(20,21)17-14/h6-8,10,12H,4-5,9H2,1-3H3,(H,16,17)/t12-/m0/s1. The molecule has 0 aromatic heterocycles. The van der Waals surface area contributed by atoms with Crippen LogP contribution in [-0.4, -0.2) is 45.4 Å². The van der Waals surface area contributed by atoms with Crippen molar-refractivity contribution in [3.63, 3.8) is 0 Å². The van der Waals surface area contributed by atoms with Gasteiger partial charge in [0, 0.05) is 12.6 Å². The van der Waals surface area contributed by atoms with Crippen LogP contribution in [0.4, 0.5) is 0 Å². The van der Waals surface area contributed by atoms with Gasteiger partial charge in [-0.3, -0.25) is 19.3 Å². The number of unbranched alkanes of at least 4 members (excludes halogenated alkanes) is 1. The average Bonchev–Trinajstić information content (AvgIpc) is 2.81. The summed E-state index contributed by atoms with van der Waals surface area (Å²) >= 11 is 0. The minimum atomic E-state index is -3.61. The minimum Gasteiger partial charge on any atom is -0.274 e. The van der Waals surface area contributed by atoms with Crippen LogP contribution in [0.15, 0.2) is 34.2 Å². The highest BCUT2D eigenvalue weighted by atomic mass is 32.2. The molecule has 0 aliphatic carbocycles. The maximum absolute atomic E-state index is 12.4. The molecule has 0 fully saturated rings. The Balaban J connectivity index is 2.38. The molecule has 1 heterocycles. The summed E-state index contributed by atoms with van der Waals surface area (Å²) in [5.41, 5.74) is 0.488. The molecular weight excluding hydrogens is 318 g/mol. The Morgan fingerprint density at radius 2 is 2.09 bits per heavy atom. The van der Waals surface area contributed by atoms with E-state index in [9.17, 15) is 13.2 Å². The van der Waals surface area contributed by atoms with Crippen molar-refractivity contribution in [1.82, 2.24) is 9.79 Å². The first-order valence-electron chi connectivity index (χ1n) is 7.42. The van der Waals surface area contributed by atoms with E-state index in [-0.39, 0.29) is 16.6 Å². The lowest BCUT2D eigenvalue weighted by atomic mass is 10.1. The molecule has 1 aromatic rings. The molecule has 8 heteroatoms. The van der Waals surface area contributed by atoms with Crippen LogP contribution in [0.2, 0.25) is 0 Å². The summed E-state index contributed by atoms with van der Waals surface area (Å²) in [6, 6.07) is 5.89. The molecule has 1 aromatic carbocycles. The van der Waals surface area contributed by atoms with E-state index in [0.717, 1.165) is 17.9 Å². The Morgan fingerprint density at radius 3 is 2.74 bits per heavy atom. The average molecular weight is 339 g/mol. The maximum Gasteiger partial charge on any atom is 0.270 e. The van der Waals surface area contributed by atoms with Gasteiger partial charge in [-0.2, -0.15) is 0 Å². The van der Waals surface area contributed by atoms with Crippen molar-refractivity contribution >= 4 is 21.8 Å². The molecule has 23 heavy (non-hydrogen) atoms. The van der Waals surface area contributed by atoms with Gasteiger partial charge >= 0.3 is 0 Å². The highest BCUT2D eigenvalue weighted by Gasteiger charge is 2.32. The molecule has 1 atom stereocenters. The molecule has 7 nitrogen and oxygen atoms in total. The van der Waals surface area contributed by atoms with E-state index in [1.165, 1.54) is 20.2 Å². The monoisotopic (exact) mass is 339 g/mol. The molecule has 0 saturated carbocycles. The summed E-state index contributed by atoms with van der Waals surface area (Å²) in [6.07, 6.45) is 2.24. The third kappa shape index (κ3) is 3.70. The number of carbonyl (C=O) groups excluding carboxylic acids is 1. The van der Waals surface area contributed by atoms with E-state index in [1.807, 2.05) is 6.92 Å². The van der Waals surface area contributed by atoms with E-state index < -0.39 is 16.1 Å². The molecule has 1 N–H and O–H groups in total. The number of likely N-dealkylation sites (N-methyl/N-ethyl adjacent to an activating group) is 1. The summed E-state index contributed by atoms with van der Waals surface area (Å²) in [7, 11) is -0.703. The van der Waals surface area contributed by atoms with Crippen LogP contribution in [0.1, 0.15) is 31.7 Å². The normalized spacial score (nSPS) is 18.3. The van der Waals surface area contributed by atoms with Gasteiger partial charge in [0.25, 0.3) is 15.9 Å². The predicted octanol–water partition coefficient (Wildman–Crippen LogP) is 1.30. The lowest BCUT2D eigenvalue weighted by Gasteiger charge is -2.19. The highest BCUT2D eigenvalue weighted by Crippen LogP contribution is 2.23. The number of amidine groups is 1. The topological polar surface area (TPSA) is 88.1 Å². The molecule has 1 aliphatic heterocycles. The van der Waals surface area contributed by atoms with Gasteiger partial charge < -0.3 is 0 Å². The Kier molecular flexibility index (Phi) is 5.38. The summed E-state index contributed by atoms with van der Waals surface area (Å²) in [5, 5.41) is 1.11. The van der Waals surface area contributed by atoms with Crippen LogP contribution >= 0.6 is 0 Å². The molecule has 0 unspecified atom stereocenters. The van der Waals surface area contributed by atoms with Crippen LogP contribution in [0.25, 0.3) is 0 Å². The molecule has 0 saturated heterocycles. The zero-order chi connectivity index (χ0) is 17.0. The van der Waals surface area contributed by atoms with Gasteiger partial charge in [-0.1, -0.05) is 31.9 Å². The Bertz CT molecular complexity index is 715. The van der Waals surface area contributed by atoms with Crippen LogP contribution in [0, 0.1) is 0 Å². The van der Waals surface area contributed by atoms with Crippen LogP contribution in [0.3, 0.4) is 0 Å². The third-order valence-electron chi connectivity index (χ3n) is 3.65. The number of hydrogen-bond acceptors (Lipinski definition) is 5. The summed E-state index contributed by atoms with van der Waals surface area (Å²) in [6.45, 7) is 2.02. The van der Waals surface area contributed by atoms with Gasteiger partial charge in [-0.05, 0) is 18.6 Å². The summed E-state index contributed by atoms with van der Waals surface area (Å²) < 4.78 is 26.6. The first-order chi connectivity index (χ1) is 10.9. The lowest BCUT2D eigenvalue weighted by molar-refractivity contribution is -0.170. The Morgan fingerprint density at radius 1 is 1.39 bits per heavy atom. The van der Waals surface area contributed by atoms with Gasteiger partial charge in [0.05, 0.1) is 12.0 Å². The van der Waals surface area contributed by atoms with Crippen molar-refractivity contribution in [1.29, 1.82) is 0 Å². The smallest absolute Gasteiger partial charge is 0.270 e. The lowest BCUT2D eigenvalue weighted by Crippen LogP contribution is -2.36. The Labute approximate surface area is 136 Å². The van der Waals surface area contributed by atoms with Crippen molar-refractivity contribution in [2.75, 3.05) is 14.2 Å². The number of rotatable bonds is 6. The largest absolute Gasteiger partial charge is 0.274 e. The molecule has 0 bridgehead atoms. The number of carbonyl (C=O) groups is 1. The fourth-order valence-electron chi connectivity index (χ4n) is 2.33. The van der Waals surface area contributed by atoms with E-state index >= 15 is 0 Å². The number of hydroxylamine groups is 2. The van der Waals surface area contributed by atoms with Crippen LogP contribution in [0.5, 0.6) is 0 Å². The van der Waals surface area contributed by atoms with Crippen molar-refractivity contribution in [2.45, 2.75) is 37.1 Å². The van der Waals surface area contributed by atoms with Gasteiger partial charge in [0.15, 0.2) is 0 Å². The number of benzene rings is 1. The van der Waals surface area contributed by atoms with Crippen LogP contribution in [-0.2, 0) is 19.7 Å². The maximum atomic E-state index is 12.4. The van der Waals surface area contributed by atoms with Crippen molar-refractivity contribution in [3.05, 3.63) is 29.8 Å². The number of fused-ring (bicyclic) bond motifs is 1. The number of amides is 1. The second-order valence-electron chi connectivity index (χ2n) is 5.26. The molecule has 1 amide bonds. The van der Waals surface area contributed by atoms with Crippen LogP contribution < -0.4 is 4.72 Å². The fraction of sp³-hybridized carbons (Fsp3) is 0.467. The van der Waals surface area contributed by atoms with Crippen molar-refractivity contribution < 1.29 is 18.0 Å². The number of sulfonamides is 1. The second kappa shape index (κ2) is 7.10. The van der Waals surface area contributed by atoms with Gasteiger partial charge in [0.2, 0.25) is 0 Å². The van der Waals surface area contributed by atoms with Gasteiger partial charge in [0.1, 0.15) is 11.9 Å². The van der Waals surface area contributed by atoms with E-state index in [0.29, 0.717) is 12.0 Å².